The van der Waals surface area contributed by atoms with Crippen molar-refractivity contribution in [2.45, 2.75) is 154 Å². The molecule has 0 aromatic heterocycles. The molecule has 0 bridgehead atoms. The van der Waals surface area contributed by atoms with Crippen LogP contribution in [-0.4, -0.2) is 21.8 Å². The normalized spacial score (nSPS) is 13.5. The summed E-state index contributed by atoms with van der Waals surface area (Å²) in [6.45, 7) is 3.67. The highest BCUT2D eigenvalue weighted by atomic mass is 16.4. The maximum atomic E-state index is 10.8. The predicted octanol–water partition coefficient (Wildman–Crippen LogP) is 8.03. The van der Waals surface area contributed by atoms with Crippen LogP contribution in [0.15, 0.2) is 0 Å². The molecule has 0 amide bonds. The highest BCUT2D eigenvalue weighted by Crippen LogP contribution is 2.17. The average molecular weight is 399 g/mol. The van der Waals surface area contributed by atoms with E-state index in [9.17, 15) is 9.90 Å². The second-order valence-corrected chi connectivity index (χ2v) is 9.05. The van der Waals surface area contributed by atoms with E-state index in [1.807, 2.05) is 0 Å². The molecule has 1 unspecified atom stereocenters. The first-order chi connectivity index (χ1) is 13.5. The van der Waals surface area contributed by atoms with Crippen LogP contribution in [0.5, 0.6) is 0 Å². The third-order valence-corrected chi connectivity index (χ3v) is 5.98. The summed E-state index contributed by atoms with van der Waals surface area (Å²) in [4.78, 5) is 10.8. The summed E-state index contributed by atoms with van der Waals surface area (Å²) in [5, 5.41) is 18.5. The van der Waals surface area contributed by atoms with Crippen molar-refractivity contribution in [3.05, 3.63) is 0 Å². The Morgan fingerprint density at radius 2 is 0.821 bits per heavy atom. The number of carboxylic acids is 1. The average Bonchev–Trinajstić information content (AvgIpc) is 2.66. The van der Waals surface area contributed by atoms with E-state index in [2.05, 4.69) is 6.92 Å². The SMILES string of the molecule is CCCCCCCCCCCCCCCCCCCCCCC(C)(O)C(=O)O. The Morgan fingerprint density at radius 3 is 1.07 bits per heavy atom. The Hall–Kier alpha value is -0.570. The largest absolute Gasteiger partial charge is 0.479 e. The van der Waals surface area contributed by atoms with Gasteiger partial charge in [-0.2, -0.15) is 0 Å². The molecule has 0 heterocycles. The van der Waals surface area contributed by atoms with Crippen molar-refractivity contribution in [1.29, 1.82) is 0 Å². The predicted molar refractivity (Wildman–Crippen MR) is 121 cm³/mol. The molecule has 3 nitrogen and oxygen atoms in total. The molecular weight excluding hydrogens is 348 g/mol. The molecule has 0 aliphatic rings. The highest BCUT2D eigenvalue weighted by Gasteiger charge is 2.28. The summed E-state index contributed by atoms with van der Waals surface area (Å²) >= 11 is 0. The lowest BCUT2D eigenvalue weighted by Crippen LogP contribution is -2.34. The molecule has 0 aliphatic heterocycles. The molecule has 2 N–H and O–H groups in total. The standard InChI is InChI=1S/C25H50O3/c1-3-4-5-6-7-8-9-10-11-12-13-14-15-16-17-18-19-20-21-22-23-25(2,28)24(26)27/h28H,3-23H2,1-2H3,(H,26,27). The number of aliphatic hydroxyl groups is 1. The molecule has 1 atom stereocenters. The van der Waals surface area contributed by atoms with E-state index in [0.717, 1.165) is 19.3 Å². The molecule has 0 saturated heterocycles. The van der Waals surface area contributed by atoms with Gasteiger partial charge < -0.3 is 10.2 Å². The molecular formula is C25H50O3. The van der Waals surface area contributed by atoms with Crippen LogP contribution in [0.2, 0.25) is 0 Å². The molecule has 3 heteroatoms. The second kappa shape index (κ2) is 19.7. The van der Waals surface area contributed by atoms with Gasteiger partial charge in [0.25, 0.3) is 0 Å². The minimum absolute atomic E-state index is 0.362. The van der Waals surface area contributed by atoms with Crippen molar-refractivity contribution in [3.8, 4) is 0 Å². The van der Waals surface area contributed by atoms with E-state index < -0.39 is 11.6 Å². The van der Waals surface area contributed by atoms with Gasteiger partial charge in [0.2, 0.25) is 0 Å². The molecule has 0 fully saturated rings. The lowest BCUT2D eigenvalue weighted by Gasteiger charge is -2.17. The maximum absolute atomic E-state index is 10.8. The first-order valence-corrected chi connectivity index (χ1v) is 12.5. The minimum Gasteiger partial charge on any atom is -0.479 e. The van der Waals surface area contributed by atoms with E-state index >= 15 is 0 Å². The van der Waals surface area contributed by atoms with Crippen LogP contribution >= 0.6 is 0 Å². The molecule has 0 rings (SSSR count). The lowest BCUT2D eigenvalue weighted by atomic mass is 9.97. The van der Waals surface area contributed by atoms with Gasteiger partial charge in [0.15, 0.2) is 5.60 Å². The Morgan fingerprint density at radius 1 is 0.571 bits per heavy atom. The van der Waals surface area contributed by atoms with Gasteiger partial charge >= 0.3 is 5.97 Å². The van der Waals surface area contributed by atoms with Crippen LogP contribution in [0.1, 0.15) is 149 Å². The lowest BCUT2D eigenvalue weighted by molar-refractivity contribution is -0.157. The molecule has 0 aliphatic carbocycles. The maximum Gasteiger partial charge on any atom is 0.335 e. The number of unbranched alkanes of at least 4 members (excludes halogenated alkanes) is 19. The third kappa shape index (κ3) is 18.8. The summed E-state index contributed by atoms with van der Waals surface area (Å²) in [5.41, 5.74) is -1.55. The van der Waals surface area contributed by atoms with Crippen LogP contribution < -0.4 is 0 Å². The topological polar surface area (TPSA) is 57.5 Å². The smallest absolute Gasteiger partial charge is 0.335 e. The summed E-state index contributed by atoms with van der Waals surface area (Å²) in [6.07, 6.45) is 27.1. The van der Waals surface area contributed by atoms with Crippen LogP contribution in [0, 0.1) is 0 Å². The van der Waals surface area contributed by atoms with Crippen LogP contribution in [0.4, 0.5) is 0 Å². The first-order valence-electron chi connectivity index (χ1n) is 12.5. The molecule has 28 heavy (non-hydrogen) atoms. The minimum atomic E-state index is -1.55. The quantitative estimate of drug-likeness (QED) is 0.181. The van der Waals surface area contributed by atoms with E-state index in [-0.39, 0.29) is 0 Å². The molecule has 0 spiro atoms. The van der Waals surface area contributed by atoms with Gasteiger partial charge in [-0.3, -0.25) is 0 Å². The molecule has 0 saturated carbocycles. The summed E-state index contributed by atoms with van der Waals surface area (Å²) < 4.78 is 0. The van der Waals surface area contributed by atoms with Gasteiger partial charge in [0, 0.05) is 0 Å². The zero-order chi connectivity index (χ0) is 20.9. The van der Waals surface area contributed by atoms with Crippen molar-refractivity contribution < 1.29 is 15.0 Å². The second-order valence-electron chi connectivity index (χ2n) is 9.05. The van der Waals surface area contributed by atoms with E-state index in [0.29, 0.717) is 6.42 Å². The van der Waals surface area contributed by atoms with Gasteiger partial charge in [0.05, 0.1) is 0 Å². The molecule has 0 radical (unpaired) electrons. The number of carbonyl (C=O) groups is 1. The Kier molecular flexibility index (Phi) is 19.3. The molecule has 168 valence electrons. The fraction of sp³-hybridized carbons (Fsp3) is 0.960. The van der Waals surface area contributed by atoms with E-state index in [1.54, 1.807) is 0 Å². The third-order valence-electron chi connectivity index (χ3n) is 5.98. The van der Waals surface area contributed by atoms with E-state index in [1.165, 1.54) is 116 Å². The van der Waals surface area contributed by atoms with Gasteiger partial charge in [-0.1, -0.05) is 129 Å². The monoisotopic (exact) mass is 398 g/mol. The van der Waals surface area contributed by atoms with Gasteiger partial charge in [0.1, 0.15) is 0 Å². The van der Waals surface area contributed by atoms with Gasteiger partial charge in [-0.25, -0.2) is 4.79 Å². The van der Waals surface area contributed by atoms with Crippen molar-refractivity contribution in [3.63, 3.8) is 0 Å². The van der Waals surface area contributed by atoms with Gasteiger partial charge in [-0.15, -0.1) is 0 Å². The zero-order valence-electron chi connectivity index (χ0n) is 19.2. The fourth-order valence-corrected chi connectivity index (χ4v) is 3.83. The van der Waals surface area contributed by atoms with Crippen molar-refractivity contribution in [1.82, 2.24) is 0 Å². The van der Waals surface area contributed by atoms with Crippen molar-refractivity contribution in [2.75, 3.05) is 0 Å². The number of hydrogen-bond acceptors (Lipinski definition) is 2. The van der Waals surface area contributed by atoms with Gasteiger partial charge in [-0.05, 0) is 19.8 Å². The number of aliphatic carboxylic acids is 1. The molecule has 0 aromatic carbocycles. The highest BCUT2D eigenvalue weighted by molar-refractivity contribution is 5.76. The number of hydrogen-bond donors (Lipinski definition) is 2. The Balaban J connectivity index is 3.12. The Labute approximate surface area is 175 Å². The zero-order valence-corrected chi connectivity index (χ0v) is 19.2. The van der Waals surface area contributed by atoms with E-state index in [4.69, 9.17) is 5.11 Å². The summed E-state index contributed by atoms with van der Waals surface area (Å²) in [7, 11) is 0. The Bertz CT molecular complexity index is 339. The summed E-state index contributed by atoms with van der Waals surface area (Å²) in [5.74, 6) is -1.11. The number of rotatable bonds is 22. The number of carboxylic acid groups (broad SMARTS) is 1. The fourth-order valence-electron chi connectivity index (χ4n) is 3.83. The van der Waals surface area contributed by atoms with Crippen LogP contribution in [0.3, 0.4) is 0 Å². The molecule has 0 aromatic rings. The summed E-state index contributed by atoms with van der Waals surface area (Å²) in [6, 6.07) is 0. The van der Waals surface area contributed by atoms with Crippen molar-refractivity contribution >= 4 is 5.97 Å². The van der Waals surface area contributed by atoms with Crippen molar-refractivity contribution in [2.24, 2.45) is 0 Å². The van der Waals surface area contributed by atoms with Crippen LogP contribution in [0.25, 0.3) is 0 Å². The van der Waals surface area contributed by atoms with Crippen LogP contribution in [-0.2, 0) is 4.79 Å². The first kappa shape index (κ1) is 27.4.